The zero-order valence-corrected chi connectivity index (χ0v) is 18.8. The highest BCUT2D eigenvalue weighted by atomic mass is 35.5. The van der Waals surface area contributed by atoms with E-state index in [-0.39, 0.29) is 16.3 Å². The van der Waals surface area contributed by atoms with Crippen molar-refractivity contribution in [3.05, 3.63) is 77.6 Å². The molecule has 0 saturated heterocycles. The lowest BCUT2D eigenvalue weighted by Crippen LogP contribution is -2.38. The standard InChI is InChI=1S/C22H20ClFN2O5S/c1-30-20-11-10-19(13-21(20)31-2)32(28,29)26(18-8-6-16(24)7-9-18)14-22(27)25-17-5-3-4-15(23)12-17/h3-13H,14H2,1-2H3,(H,25,27). The van der Waals surface area contributed by atoms with Gasteiger partial charge in [-0.15, -0.1) is 0 Å². The zero-order chi connectivity index (χ0) is 23.3. The lowest BCUT2D eigenvalue weighted by molar-refractivity contribution is -0.114. The molecule has 10 heteroatoms. The molecule has 0 aliphatic carbocycles. The predicted molar refractivity (Wildman–Crippen MR) is 121 cm³/mol. The fourth-order valence-electron chi connectivity index (χ4n) is 2.92. The van der Waals surface area contributed by atoms with Gasteiger partial charge in [0.05, 0.1) is 24.8 Å². The van der Waals surface area contributed by atoms with Crippen LogP contribution in [0.2, 0.25) is 5.02 Å². The molecule has 0 spiro atoms. The Hall–Kier alpha value is -3.30. The summed E-state index contributed by atoms with van der Waals surface area (Å²) in [6.45, 7) is -0.561. The van der Waals surface area contributed by atoms with E-state index >= 15 is 0 Å². The molecule has 3 aromatic rings. The summed E-state index contributed by atoms with van der Waals surface area (Å²) in [5.74, 6) is -0.601. The molecule has 0 bridgehead atoms. The molecule has 0 heterocycles. The van der Waals surface area contributed by atoms with Gasteiger partial charge in [-0.3, -0.25) is 9.10 Å². The predicted octanol–water partition coefficient (Wildman–Crippen LogP) is 4.33. The van der Waals surface area contributed by atoms with E-state index < -0.39 is 28.3 Å². The SMILES string of the molecule is COc1ccc(S(=O)(=O)N(CC(=O)Nc2cccc(Cl)c2)c2ccc(F)cc2)cc1OC. The van der Waals surface area contributed by atoms with Gasteiger partial charge >= 0.3 is 0 Å². The number of amides is 1. The van der Waals surface area contributed by atoms with Crippen LogP contribution in [0, 0.1) is 5.82 Å². The van der Waals surface area contributed by atoms with E-state index in [0.717, 1.165) is 16.4 Å². The molecule has 0 saturated carbocycles. The molecule has 0 atom stereocenters. The second kappa shape index (κ2) is 9.88. The van der Waals surface area contributed by atoms with Crippen molar-refractivity contribution < 1.29 is 27.1 Å². The molecular formula is C22H20ClFN2O5S. The van der Waals surface area contributed by atoms with E-state index in [1.165, 1.54) is 50.6 Å². The first-order chi connectivity index (χ1) is 15.2. The first kappa shape index (κ1) is 23.4. The van der Waals surface area contributed by atoms with E-state index in [1.807, 2.05) is 0 Å². The first-order valence-electron chi connectivity index (χ1n) is 9.30. The van der Waals surface area contributed by atoms with Crippen LogP contribution in [0.1, 0.15) is 0 Å². The van der Waals surface area contributed by atoms with Gasteiger partial charge in [-0.05, 0) is 54.6 Å². The summed E-state index contributed by atoms with van der Waals surface area (Å²) < 4.78 is 51.6. The Balaban J connectivity index is 1.98. The van der Waals surface area contributed by atoms with Crippen molar-refractivity contribution in [3.63, 3.8) is 0 Å². The number of nitrogens with zero attached hydrogens (tertiary/aromatic N) is 1. The minimum absolute atomic E-state index is 0.113. The van der Waals surface area contributed by atoms with Gasteiger partial charge in [0.25, 0.3) is 10.0 Å². The molecule has 1 N–H and O–H groups in total. The van der Waals surface area contributed by atoms with Gasteiger partial charge in [0.15, 0.2) is 11.5 Å². The molecule has 0 unspecified atom stereocenters. The average molecular weight is 479 g/mol. The summed E-state index contributed by atoms with van der Waals surface area (Å²) in [4.78, 5) is 12.6. The highest BCUT2D eigenvalue weighted by Crippen LogP contribution is 2.32. The highest BCUT2D eigenvalue weighted by Gasteiger charge is 2.28. The molecule has 1 amide bonds. The maximum Gasteiger partial charge on any atom is 0.264 e. The molecule has 0 aromatic heterocycles. The van der Waals surface area contributed by atoms with Crippen molar-refractivity contribution in [3.8, 4) is 11.5 Å². The number of carbonyl (C=O) groups excluding carboxylic acids is 1. The third kappa shape index (κ3) is 5.30. The fourth-order valence-corrected chi connectivity index (χ4v) is 4.55. The smallest absolute Gasteiger partial charge is 0.264 e. The lowest BCUT2D eigenvalue weighted by Gasteiger charge is -2.24. The summed E-state index contributed by atoms with van der Waals surface area (Å²) in [6, 6.07) is 15.3. The number of nitrogens with one attached hydrogen (secondary N) is 1. The van der Waals surface area contributed by atoms with Crippen LogP contribution in [0.15, 0.2) is 71.6 Å². The van der Waals surface area contributed by atoms with Crippen LogP contribution in [0.4, 0.5) is 15.8 Å². The van der Waals surface area contributed by atoms with Crippen LogP contribution in [0.5, 0.6) is 11.5 Å². The topological polar surface area (TPSA) is 84.9 Å². The average Bonchev–Trinajstić information content (AvgIpc) is 2.77. The van der Waals surface area contributed by atoms with Crippen molar-refractivity contribution >= 4 is 38.9 Å². The van der Waals surface area contributed by atoms with Crippen molar-refractivity contribution in [2.75, 3.05) is 30.4 Å². The minimum Gasteiger partial charge on any atom is -0.493 e. The second-order valence-electron chi connectivity index (χ2n) is 6.56. The fraction of sp³-hybridized carbons (Fsp3) is 0.136. The van der Waals surface area contributed by atoms with Crippen LogP contribution in [-0.4, -0.2) is 35.1 Å². The number of methoxy groups -OCH3 is 2. The Kier molecular flexibility index (Phi) is 7.22. The summed E-state index contributed by atoms with van der Waals surface area (Å²) >= 11 is 5.94. The number of halogens is 2. The number of hydrogen-bond acceptors (Lipinski definition) is 5. The molecule has 0 radical (unpaired) electrons. The third-order valence-corrected chi connectivity index (χ3v) is 6.46. The number of hydrogen-bond donors (Lipinski definition) is 1. The van der Waals surface area contributed by atoms with Crippen LogP contribution in [0.3, 0.4) is 0 Å². The molecule has 168 valence electrons. The van der Waals surface area contributed by atoms with Gasteiger partial charge in [0.1, 0.15) is 12.4 Å². The normalized spacial score (nSPS) is 11.0. The zero-order valence-electron chi connectivity index (χ0n) is 17.2. The van der Waals surface area contributed by atoms with Crippen LogP contribution < -0.4 is 19.1 Å². The van der Waals surface area contributed by atoms with Gasteiger partial charge in [-0.25, -0.2) is 12.8 Å². The van der Waals surface area contributed by atoms with Gasteiger partial charge in [0.2, 0.25) is 5.91 Å². The van der Waals surface area contributed by atoms with E-state index in [1.54, 1.807) is 18.2 Å². The molecule has 3 aromatic carbocycles. The monoisotopic (exact) mass is 478 g/mol. The molecule has 0 aliphatic heterocycles. The van der Waals surface area contributed by atoms with Crippen molar-refractivity contribution in [2.45, 2.75) is 4.90 Å². The van der Waals surface area contributed by atoms with Crippen LogP contribution in [-0.2, 0) is 14.8 Å². The Morgan fingerprint density at radius 3 is 2.31 bits per heavy atom. The van der Waals surface area contributed by atoms with Crippen LogP contribution >= 0.6 is 11.6 Å². The molecular weight excluding hydrogens is 459 g/mol. The van der Waals surface area contributed by atoms with E-state index in [2.05, 4.69) is 5.32 Å². The minimum atomic E-state index is -4.23. The number of anilines is 2. The lowest BCUT2D eigenvalue weighted by atomic mass is 10.3. The third-order valence-electron chi connectivity index (χ3n) is 4.45. The van der Waals surface area contributed by atoms with E-state index in [9.17, 15) is 17.6 Å². The Morgan fingerprint density at radius 1 is 1.00 bits per heavy atom. The summed E-state index contributed by atoms with van der Waals surface area (Å²) in [6.07, 6.45) is 0. The van der Waals surface area contributed by atoms with Crippen molar-refractivity contribution in [2.24, 2.45) is 0 Å². The first-order valence-corrected chi connectivity index (χ1v) is 11.1. The summed E-state index contributed by atoms with van der Waals surface area (Å²) in [5.41, 5.74) is 0.521. The molecule has 3 rings (SSSR count). The van der Waals surface area contributed by atoms with Gasteiger partial charge in [-0.2, -0.15) is 0 Å². The summed E-state index contributed by atoms with van der Waals surface area (Å²) in [7, 11) is -1.42. The number of sulfonamides is 1. The number of benzene rings is 3. The molecule has 7 nitrogen and oxygen atoms in total. The van der Waals surface area contributed by atoms with Crippen LogP contribution in [0.25, 0.3) is 0 Å². The van der Waals surface area contributed by atoms with E-state index in [0.29, 0.717) is 16.5 Å². The quantitative estimate of drug-likeness (QED) is 0.521. The van der Waals surface area contributed by atoms with Gasteiger partial charge < -0.3 is 14.8 Å². The number of rotatable bonds is 8. The maximum absolute atomic E-state index is 13.5. The van der Waals surface area contributed by atoms with E-state index in [4.69, 9.17) is 21.1 Å². The molecule has 0 fully saturated rings. The molecule has 32 heavy (non-hydrogen) atoms. The Morgan fingerprint density at radius 2 is 1.69 bits per heavy atom. The Bertz CT molecular complexity index is 1220. The number of carbonyl (C=O) groups is 1. The maximum atomic E-state index is 13.5. The summed E-state index contributed by atoms with van der Waals surface area (Å²) in [5, 5.41) is 3.02. The highest BCUT2D eigenvalue weighted by molar-refractivity contribution is 7.92. The number of ether oxygens (including phenoxy) is 2. The largest absolute Gasteiger partial charge is 0.493 e. The Labute approximate surface area is 190 Å². The second-order valence-corrected chi connectivity index (χ2v) is 8.86. The van der Waals surface area contributed by atoms with Gasteiger partial charge in [-0.1, -0.05) is 17.7 Å². The van der Waals surface area contributed by atoms with Crippen molar-refractivity contribution in [1.82, 2.24) is 0 Å². The van der Waals surface area contributed by atoms with Crippen molar-refractivity contribution in [1.29, 1.82) is 0 Å². The molecule has 0 aliphatic rings. The van der Waals surface area contributed by atoms with Gasteiger partial charge in [0, 0.05) is 16.8 Å².